The first-order valence-electron chi connectivity index (χ1n) is 8.81. The molecule has 4 nitrogen and oxygen atoms in total. The van der Waals surface area contributed by atoms with E-state index in [4.69, 9.17) is 4.74 Å². The number of likely N-dealkylation sites (tertiary alicyclic amines) is 1. The molecule has 0 amide bonds. The summed E-state index contributed by atoms with van der Waals surface area (Å²) in [6.45, 7) is 7.83. The minimum atomic E-state index is -0.433. The van der Waals surface area contributed by atoms with Gasteiger partial charge in [0.2, 0.25) is 0 Å². The molecule has 3 rings (SSSR count). The summed E-state index contributed by atoms with van der Waals surface area (Å²) in [6.07, 6.45) is 7.28. The predicted molar refractivity (Wildman–Crippen MR) is 83.1 cm³/mol. The van der Waals surface area contributed by atoms with Crippen LogP contribution in [-0.4, -0.2) is 48.7 Å². The maximum absolute atomic E-state index is 12.7. The molecular weight excluding hydrogens is 264 g/mol. The van der Waals surface area contributed by atoms with Crippen LogP contribution in [0.1, 0.15) is 52.4 Å². The summed E-state index contributed by atoms with van der Waals surface area (Å²) in [6, 6.07) is 0.540. The largest absolute Gasteiger partial charge is 0.465 e. The number of hydrogen-bond acceptors (Lipinski definition) is 4. The third-order valence-corrected chi connectivity index (χ3v) is 5.30. The number of piperidine rings is 1. The SMILES string of the molecule is CCOC(=O)C(CN1CCC(C)CC1)(NC1CC1)C1CC1. The molecule has 3 fully saturated rings. The molecule has 1 unspecified atom stereocenters. The van der Waals surface area contributed by atoms with Crippen molar-refractivity contribution in [1.29, 1.82) is 0 Å². The number of hydrogen-bond donors (Lipinski definition) is 1. The van der Waals surface area contributed by atoms with E-state index in [0.717, 1.165) is 25.6 Å². The van der Waals surface area contributed by atoms with Gasteiger partial charge in [-0.15, -0.1) is 0 Å². The molecule has 1 N–H and O–H groups in total. The van der Waals surface area contributed by atoms with E-state index in [1.54, 1.807) is 0 Å². The van der Waals surface area contributed by atoms with Crippen molar-refractivity contribution >= 4 is 5.97 Å². The quantitative estimate of drug-likeness (QED) is 0.731. The van der Waals surface area contributed by atoms with Gasteiger partial charge in [0.25, 0.3) is 0 Å². The lowest BCUT2D eigenvalue weighted by atomic mass is 9.90. The normalized spacial score (nSPS) is 27.3. The summed E-state index contributed by atoms with van der Waals surface area (Å²) in [4.78, 5) is 15.2. The Labute approximate surface area is 128 Å². The van der Waals surface area contributed by atoms with Crippen molar-refractivity contribution in [2.45, 2.75) is 64.0 Å². The molecule has 0 spiro atoms. The molecule has 2 aliphatic carbocycles. The van der Waals surface area contributed by atoms with Gasteiger partial charge in [0.1, 0.15) is 5.54 Å². The maximum Gasteiger partial charge on any atom is 0.327 e. The van der Waals surface area contributed by atoms with E-state index in [9.17, 15) is 4.79 Å². The summed E-state index contributed by atoms with van der Waals surface area (Å²) >= 11 is 0. The Morgan fingerprint density at radius 3 is 2.38 bits per heavy atom. The van der Waals surface area contributed by atoms with E-state index in [1.165, 1.54) is 38.5 Å². The number of ether oxygens (including phenoxy) is 1. The van der Waals surface area contributed by atoms with Gasteiger partial charge in [0, 0.05) is 12.6 Å². The maximum atomic E-state index is 12.7. The van der Waals surface area contributed by atoms with E-state index < -0.39 is 5.54 Å². The number of carbonyl (C=O) groups excluding carboxylic acids is 1. The van der Waals surface area contributed by atoms with Crippen molar-refractivity contribution in [3.8, 4) is 0 Å². The van der Waals surface area contributed by atoms with Gasteiger partial charge in [-0.2, -0.15) is 0 Å². The molecule has 0 radical (unpaired) electrons. The van der Waals surface area contributed by atoms with E-state index in [1.807, 2.05) is 6.92 Å². The van der Waals surface area contributed by atoms with Crippen LogP contribution in [-0.2, 0) is 9.53 Å². The summed E-state index contributed by atoms with van der Waals surface area (Å²) in [7, 11) is 0. The topological polar surface area (TPSA) is 41.6 Å². The highest BCUT2D eigenvalue weighted by atomic mass is 16.5. The monoisotopic (exact) mass is 294 g/mol. The number of carbonyl (C=O) groups is 1. The molecular formula is C17H30N2O2. The Kier molecular flexibility index (Phi) is 4.55. The molecule has 1 atom stereocenters. The predicted octanol–water partition coefficient (Wildman–Crippen LogP) is 2.18. The fourth-order valence-electron chi connectivity index (χ4n) is 3.58. The highest BCUT2D eigenvalue weighted by Crippen LogP contribution is 2.43. The van der Waals surface area contributed by atoms with Crippen LogP contribution in [0.15, 0.2) is 0 Å². The number of esters is 1. The first kappa shape index (κ1) is 15.3. The van der Waals surface area contributed by atoms with Crippen LogP contribution in [0.5, 0.6) is 0 Å². The minimum Gasteiger partial charge on any atom is -0.465 e. The molecule has 4 heteroatoms. The van der Waals surface area contributed by atoms with Crippen LogP contribution in [0.2, 0.25) is 0 Å². The Balaban J connectivity index is 1.71. The highest BCUT2D eigenvalue weighted by Gasteiger charge is 2.54. The van der Waals surface area contributed by atoms with Gasteiger partial charge in [0.15, 0.2) is 0 Å². The highest BCUT2D eigenvalue weighted by molar-refractivity contribution is 5.82. The zero-order valence-corrected chi connectivity index (χ0v) is 13.6. The number of nitrogens with zero attached hydrogens (tertiary/aromatic N) is 1. The second-order valence-corrected chi connectivity index (χ2v) is 7.34. The average molecular weight is 294 g/mol. The lowest BCUT2D eigenvalue weighted by Crippen LogP contribution is -2.62. The third kappa shape index (κ3) is 3.59. The van der Waals surface area contributed by atoms with Gasteiger partial charge < -0.3 is 9.64 Å². The first-order chi connectivity index (χ1) is 10.1. The van der Waals surface area contributed by atoms with Crippen molar-refractivity contribution in [2.75, 3.05) is 26.2 Å². The van der Waals surface area contributed by atoms with Crippen LogP contribution in [0.25, 0.3) is 0 Å². The van der Waals surface area contributed by atoms with Crippen LogP contribution >= 0.6 is 0 Å². The molecule has 0 aromatic heterocycles. The van der Waals surface area contributed by atoms with Gasteiger partial charge in [-0.05, 0) is 70.4 Å². The van der Waals surface area contributed by atoms with Gasteiger partial charge in [-0.3, -0.25) is 5.32 Å². The Hall–Kier alpha value is -0.610. The van der Waals surface area contributed by atoms with E-state index >= 15 is 0 Å². The molecule has 0 aromatic carbocycles. The third-order valence-electron chi connectivity index (χ3n) is 5.30. The van der Waals surface area contributed by atoms with E-state index in [-0.39, 0.29) is 5.97 Å². The van der Waals surface area contributed by atoms with Crippen LogP contribution in [0.4, 0.5) is 0 Å². The molecule has 0 aromatic rings. The van der Waals surface area contributed by atoms with Gasteiger partial charge >= 0.3 is 5.97 Å². The molecule has 2 saturated carbocycles. The summed E-state index contributed by atoms with van der Waals surface area (Å²) in [5.74, 6) is 1.31. The minimum absolute atomic E-state index is 0.00183. The number of rotatable bonds is 7. The summed E-state index contributed by atoms with van der Waals surface area (Å²) in [5.41, 5.74) is -0.433. The van der Waals surface area contributed by atoms with Crippen molar-refractivity contribution in [3.63, 3.8) is 0 Å². The Morgan fingerprint density at radius 1 is 1.19 bits per heavy atom. The summed E-state index contributed by atoms with van der Waals surface area (Å²) in [5, 5.41) is 3.69. The lowest BCUT2D eigenvalue weighted by molar-refractivity contribution is -0.153. The molecule has 1 heterocycles. The molecule has 21 heavy (non-hydrogen) atoms. The van der Waals surface area contributed by atoms with Crippen LogP contribution < -0.4 is 5.32 Å². The summed E-state index contributed by atoms with van der Waals surface area (Å²) < 4.78 is 5.47. The lowest BCUT2D eigenvalue weighted by Gasteiger charge is -2.40. The second kappa shape index (κ2) is 6.25. The molecule has 1 aliphatic heterocycles. The molecule has 1 saturated heterocycles. The van der Waals surface area contributed by atoms with E-state index in [0.29, 0.717) is 18.6 Å². The standard InChI is InChI=1S/C17H30N2O2/c1-3-21-16(20)17(14-4-5-14,18-15-6-7-15)12-19-10-8-13(2)9-11-19/h13-15,18H,3-12H2,1-2H3. The van der Waals surface area contributed by atoms with Crippen LogP contribution in [0, 0.1) is 11.8 Å². The number of nitrogens with one attached hydrogen (secondary N) is 1. The smallest absolute Gasteiger partial charge is 0.327 e. The zero-order chi connectivity index (χ0) is 14.9. The molecule has 3 aliphatic rings. The first-order valence-corrected chi connectivity index (χ1v) is 8.81. The zero-order valence-electron chi connectivity index (χ0n) is 13.6. The average Bonchev–Trinajstić information content (AvgIpc) is 3.34. The van der Waals surface area contributed by atoms with Gasteiger partial charge in [-0.1, -0.05) is 6.92 Å². The van der Waals surface area contributed by atoms with Gasteiger partial charge in [0.05, 0.1) is 6.61 Å². The Morgan fingerprint density at radius 2 is 1.86 bits per heavy atom. The van der Waals surface area contributed by atoms with E-state index in [2.05, 4.69) is 17.1 Å². The fourth-order valence-corrected chi connectivity index (χ4v) is 3.58. The van der Waals surface area contributed by atoms with Crippen molar-refractivity contribution in [3.05, 3.63) is 0 Å². The van der Waals surface area contributed by atoms with Crippen molar-refractivity contribution in [1.82, 2.24) is 10.2 Å². The molecule has 0 bridgehead atoms. The Bertz CT molecular complexity index is 371. The fraction of sp³-hybridized carbons (Fsp3) is 0.941. The second-order valence-electron chi connectivity index (χ2n) is 7.34. The van der Waals surface area contributed by atoms with Crippen molar-refractivity contribution < 1.29 is 9.53 Å². The van der Waals surface area contributed by atoms with Gasteiger partial charge in [-0.25, -0.2) is 4.79 Å². The molecule has 120 valence electrons. The van der Waals surface area contributed by atoms with Crippen LogP contribution in [0.3, 0.4) is 0 Å². The van der Waals surface area contributed by atoms with Crippen molar-refractivity contribution in [2.24, 2.45) is 11.8 Å².